The molecule has 2 N–H and O–H groups in total. The molecule has 1 heterocycles. The van der Waals surface area contributed by atoms with Crippen LogP contribution in [-0.2, 0) is 0 Å². The van der Waals surface area contributed by atoms with Gasteiger partial charge < -0.3 is 15.2 Å². The molecule has 2 rings (SSSR count). The second kappa shape index (κ2) is 5.46. The van der Waals surface area contributed by atoms with Gasteiger partial charge in [0.25, 0.3) is 0 Å². The smallest absolute Gasteiger partial charge is 0.238 e. The van der Waals surface area contributed by atoms with E-state index in [9.17, 15) is 0 Å². The van der Waals surface area contributed by atoms with Crippen LogP contribution < -0.4 is 15.2 Å². The van der Waals surface area contributed by atoms with Gasteiger partial charge in [-0.15, -0.1) is 0 Å². The third-order valence-corrected chi connectivity index (χ3v) is 2.56. The zero-order valence-corrected chi connectivity index (χ0v) is 10.8. The third-order valence-electron chi connectivity index (χ3n) is 2.29. The van der Waals surface area contributed by atoms with Crippen molar-refractivity contribution in [3.8, 4) is 23.4 Å². The maximum absolute atomic E-state index is 8.92. The van der Waals surface area contributed by atoms with Crippen LogP contribution in [0.5, 0.6) is 17.4 Å². The van der Waals surface area contributed by atoms with Gasteiger partial charge >= 0.3 is 0 Å². The highest BCUT2D eigenvalue weighted by atomic mass is 35.5. The minimum Gasteiger partial charge on any atom is -0.497 e. The Kier molecular flexibility index (Phi) is 3.74. The monoisotopic (exact) mass is 275 g/mol. The first kappa shape index (κ1) is 13.0. The molecule has 0 saturated heterocycles. The Morgan fingerprint density at radius 1 is 1.26 bits per heavy atom. The third kappa shape index (κ3) is 3.06. The molecule has 1 aromatic heterocycles. The number of nitrogen functional groups attached to an aromatic ring is 1. The van der Waals surface area contributed by atoms with E-state index < -0.39 is 0 Å². The number of hydrogen-bond acceptors (Lipinski definition) is 5. The summed E-state index contributed by atoms with van der Waals surface area (Å²) in [7, 11) is 1.51. The Labute approximate surface area is 115 Å². The molecule has 0 aliphatic rings. The molecule has 0 aliphatic heterocycles. The topological polar surface area (TPSA) is 81.2 Å². The molecule has 6 heteroatoms. The summed E-state index contributed by atoms with van der Waals surface area (Å²) in [6, 6.07) is 8.36. The highest BCUT2D eigenvalue weighted by Crippen LogP contribution is 2.30. The molecule has 0 saturated carbocycles. The van der Waals surface area contributed by atoms with Crippen LogP contribution in [0.25, 0.3) is 0 Å². The van der Waals surface area contributed by atoms with Crippen molar-refractivity contribution in [1.29, 1.82) is 5.26 Å². The summed E-state index contributed by atoms with van der Waals surface area (Å²) in [6.07, 6.45) is 1.44. The molecule has 0 radical (unpaired) electrons. The van der Waals surface area contributed by atoms with Crippen molar-refractivity contribution in [3.05, 3.63) is 41.0 Å². The van der Waals surface area contributed by atoms with Crippen molar-refractivity contribution < 1.29 is 9.47 Å². The largest absolute Gasteiger partial charge is 0.497 e. The number of pyridine rings is 1. The molecule has 19 heavy (non-hydrogen) atoms. The molecule has 1 aromatic carbocycles. The number of anilines is 1. The van der Waals surface area contributed by atoms with E-state index in [0.29, 0.717) is 27.8 Å². The van der Waals surface area contributed by atoms with Crippen molar-refractivity contribution in [2.45, 2.75) is 0 Å². The molecule has 0 spiro atoms. The van der Waals surface area contributed by atoms with Crippen molar-refractivity contribution in [1.82, 2.24) is 4.98 Å². The van der Waals surface area contributed by atoms with Crippen LogP contribution in [0.2, 0.25) is 5.02 Å². The predicted octanol–water partition coefficient (Wildman–Crippen LogP) is 2.99. The number of hydrogen-bond donors (Lipinski definition) is 1. The Morgan fingerprint density at radius 3 is 2.63 bits per heavy atom. The van der Waals surface area contributed by atoms with Gasteiger partial charge in [0, 0.05) is 6.07 Å². The summed E-state index contributed by atoms with van der Waals surface area (Å²) in [5, 5.41) is 9.21. The van der Waals surface area contributed by atoms with Gasteiger partial charge in [-0.05, 0) is 18.2 Å². The van der Waals surface area contributed by atoms with Crippen LogP contribution >= 0.6 is 11.6 Å². The molecular formula is C13H10ClN3O2. The molecule has 2 aromatic rings. The molecule has 0 amide bonds. The van der Waals surface area contributed by atoms with E-state index in [1.165, 1.54) is 19.4 Å². The lowest BCUT2D eigenvalue weighted by Crippen LogP contribution is -1.93. The number of nitrogens with two attached hydrogens (primary N) is 1. The molecule has 0 unspecified atom stereocenters. The zero-order valence-electron chi connectivity index (χ0n) is 10.1. The van der Waals surface area contributed by atoms with E-state index in [0.717, 1.165) is 0 Å². The Bertz CT molecular complexity index is 653. The lowest BCUT2D eigenvalue weighted by atomic mass is 10.2. The average molecular weight is 276 g/mol. The maximum Gasteiger partial charge on any atom is 0.238 e. The van der Waals surface area contributed by atoms with Crippen LogP contribution in [0.1, 0.15) is 5.56 Å². The van der Waals surface area contributed by atoms with Crippen molar-refractivity contribution in [2.75, 3.05) is 12.8 Å². The van der Waals surface area contributed by atoms with Gasteiger partial charge in [-0.3, -0.25) is 0 Å². The van der Waals surface area contributed by atoms with E-state index in [-0.39, 0.29) is 5.88 Å². The summed E-state index contributed by atoms with van der Waals surface area (Å²) in [4.78, 5) is 3.98. The lowest BCUT2D eigenvalue weighted by Gasteiger charge is -2.08. The SMILES string of the molecule is COc1cc(C#N)cc(Oc2ncc(N)cc2Cl)c1. The highest BCUT2D eigenvalue weighted by molar-refractivity contribution is 6.32. The van der Waals surface area contributed by atoms with Crippen LogP contribution in [-0.4, -0.2) is 12.1 Å². The van der Waals surface area contributed by atoms with Crippen molar-refractivity contribution >= 4 is 17.3 Å². The predicted molar refractivity (Wildman–Crippen MR) is 71.4 cm³/mol. The van der Waals surface area contributed by atoms with Gasteiger partial charge in [0.1, 0.15) is 16.5 Å². The number of methoxy groups -OCH3 is 1. The summed E-state index contributed by atoms with van der Waals surface area (Å²) in [5.74, 6) is 1.14. The summed E-state index contributed by atoms with van der Waals surface area (Å²) in [5.41, 5.74) is 6.41. The van der Waals surface area contributed by atoms with Crippen LogP contribution in [0.4, 0.5) is 5.69 Å². The fraction of sp³-hybridized carbons (Fsp3) is 0.0769. The number of halogens is 1. The number of ether oxygens (including phenoxy) is 2. The van der Waals surface area contributed by atoms with E-state index in [1.807, 2.05) is 6.07 Å². The van der Waals surface area contributed by atoms with E-state index in [2.05, 4.69) is 4.98 Å². The number of benzene rings is 1. The number of nitriles is 1. The molecule has 96 valence electrons. The second-order valence-electron chi connectivity index (χ2n) is 3.67. The summed E-state index contributed by atoms with van der Waals surface area (Å²) < 4.78 is 10.6. The first-order chi connectivity index (χ1) is 9.12. The van der Waals surface area contributed by atoms with Crippen molar-refractivity contribution in [3.63, 3.8) is 0 Å². The van der Waals surface area contributed by atoms with E-state index in [4.69, 9.17) is 32.1 Å². The molecule has 5 nitrogen and oxygen atoms in total. The van der Waals surface area contributed by atoms with E-state index >= 15 is 0 Å². The van der Waals surface area contributed by atoms with Gasteiger partial charge in [-0.25, -0.2) is 4.98 Å². The maximum atomic E-state index is 8.92. The molecule has 0 atom stereocenters. The van der Waals surface area contributed by atoms with E-state index in [1.54, 1.807) is 18.2 Å². The van der Waals surface area contributed by atoms with Crippen LogP contribution in [0.3, 0.4) is 0 Å². The van der Waals surface area contributed by atoms with Crippen LogP contribution in [0.15, 0.2) is 30.5 Å². The van der Waals surface area contributed by atoms with Crippen molar-refractivity contribution in [2.24, 2.45) is 0 Å². The first-order valence-corrected chi connectivity index (χ1v) is 5.68. The lowest BCUT2D eigenvalue weighted by molar-refractivity contribution is 0.407. The Hall–Kier alpha value is -2.45. The standard InChI is InChI=1S/C13H10ClN3O2/c1-18-10-2-8(6-15)3-11(5-10)19-13-12(14)4-9(16)7-17-13/h2-5,7H,16H2,1H3. The fourth-order valence-electron chi connectivity index (χ4n) is 1.44. The Balaban J connectivity index is 2.35. The molecular weight excluding hydrogens is 266 g/mol. The number of aromatic nitrogens is 1. The average Bonchev–Trinajstić information content (AvgIpc) is 2.41. The minimum atomic E-state index is 0.216. The van der Waals surface area contributed by atoms with Gasteiger partial charge in [0.2, 0.25) is 5.88 Å². The molecule has 0 fully saturated rings. The Morgan fingerprint density at radius 2 is 2.00 bits per heavy atom. The fourth-order valence-corrected chi connectivity index (χ4v) is 1.65. The second-order valence-corrected chi connectivity index (χ2v) is 4.07. The first-order valence-electron chi connectivity index (χ1n) is 5.30. The quantitative estimate of drug-likeness (QED) is 0.931. The summed E-state index contributed by atoms with van der Waals surface area (Å²) >= 11 is 5.96. The highest BCUT2D eigenvalue weighted by Gasteiger charge is 2.08. The minimum absolute atomic E-state index is 0.216. The van der Waals surface area contributed by atoms with Gasteiger partial charge in [0.15, 0.2) is 0 Å². The van der Waals surface area contributed by atoms with Gasteiger partial charge in [-0.1, -0.05) is 11.6 Å². The number of rotatable bonds is 3. The zero-order chi connectivity index (χ0) is 13.8. The van der Waals surface area contributed by atoms with Gasteiger partial charge in [0.05, 0.1) is 30.6 Å². The normalized spacial score (nSPS) is 9.74. The molecule has 0 aliphatic carbocycles. The van der Waals surface area contributed by atoms with Gasteiger partial charge in [-0.2, -0.15) is 5.26 Å². The van der Waals surface area contributed by atoms with Crippen LogP contribution in [0, 0.1) is 11.3 Å². The number of nitrogens with zero attached hydrogens (tertiary/aromatic N) is 2. The summed E-state index contributed by atoms with van der Waals surface area (Å²) in [6.45, 7) is 0. The molecule has 0 bridgehead atoms.